The predicted octanol–water partition coefficient (Wildman–Crippen LogP) is 1.50. The van der Waals surface area contributed by atoms with Crippen LogP contribution in [0.1, 0.15) is 24.2 Å². The Balaban J connectivity index is 1.74. The smallest absolute Gasteiger partial charge is 0.0889 e. The Morgan fingerprint density at radius 3 is 2.88 bits per heavy atom. The third kappa shape index (κ3) is 4.81. The molecular formula is C13H20N2O2. The quantitative estimate of drug-likeness (QED) is 0.695. The van der Waals surface area contributed by atoms with E-state index >= 15 is 0 Å². The minimum atomic E-state index is 0.556. The van der Waals surface area contributed by atoms with E-state index in [9.17, 15) is 0 Å². The molecule has 0 aromatic carbocycles. The summed E-state index contributed by atoms with van der Waals surface area (Å²) in [5, 5.41) is 3.45. The van der Waals surface area contributed by atoms with Crippen molar-refractivity contribution in [3.63, 3.8) is 0 Å². The average molecular weight is 236 g/mol. The van der Waals surface area contributed by atoms with E-state index < -0.39 is 0 Å². The minimum absolute atomic E-state index is 0.556. The minimum Gasteiger partial charge on any atom is -0.382 e. The van der Waals surface area contributed by atoms with Gasteiger partial charge in [-0.2, -0.15) is 0 Å². The fourth-order valence-electron chi connectivity index (χ4n) is 1.56. The molecule has 1 aromatic rings. The van der Waals surface area contributed by atoms with E-state index in [0.29, 0.717) is 19.8 Å². The topological polar surface area (TPSA) is 43.4 Å². The SMILES string of the molecule is COCCOCc1cccc(CNC2CC2)n1. The number of hydrogen-bond donors (Lipinski definition) is 1. The number of nitrogens with one attached hydrogen (secondary N) is 1. The van der Waals surface area contributed by atoms with Gasteiger partial charge in [0, 0.05) is 19.7 Å². The molecule has 0 spiro atoms. The lowest BCUT2D eigenvalue weighted by molar-refractivity contribution is 0.0601. The van der Waals surface area contributed by atoms with Gasteiger partial charge in [0.1, 0.15) is 0 Å². The molecule has 4 heteroatoms. The zero-order valence-electron chi connectivity index (χ0n) is 10.3. The van der Waals surface area contributed by atoms with Crippen LogP contribution in [0.5, 0.6) is 0 Å². The van der Waals surface area contributed by atoms with Crippen LogP contribution in [0.4, 0.5) is 0 Å². The monoisotopic (exact) mass is 236 g/mol. The number of nitrogens with zero attached hydrogens (tertiary/aromatic N) is 1. The molecular weight excluding hydrogens is 216 g/mol. The van der Waals surface area contributed by atoms with Crippen molar-refractivity contribution in [1.82, 2.24) is 10.3 Å². The van der Waals surface area contributed by atoms with Crippen molar-refractivity contribution >= 4 is 0 Å². The maximum absolute atomic E-state index is 5.45. The van der Waals surface area contributed by atoms with Gasteiger partial charge >= 0.3 is 0 Å². The fraction of sp³-hybridized carbons (Fsp3) is 0.615. The van der Waals surface area contributed by atoms with Crippen LogP contribution in [0.2, 0.25) is 0 Å². The molecule has 1 heterocycles. The molecule has 4 nitrogen and oxygen atoms in total. The number of ether oxygens (including phenoxy) is 2. The highest BCUT2D eigenvalue weighted by Gasteiger charge is 2.20. The number of methoxy groups -OCH3 is 1. The van der Waals surface area contributed by atoms with Gasteiger partial charge in [-0.05, 0) is 25.0 Å². The van der Waals surface area contributed by atoms with Crippen LogP contribution in [-0.2, 0) is 22.6 Å². The van der Waals surface area contributed by atoms with E-state index in [1.807, 2.05) is 18.2 Å². The first-order chi connectivity index (χ1) is 8.38. The van der Waals surface area contributed by atoms with E-state index in [0.717, 1.165) is 24.0 Å². The number of pyridine rings is 1. The normalized spacial score (nSPS) is 15.1. The van der Waals surface area contributed by atoms with Crippen LogP contribution in [0.3, 0.4) is 0 Å². The molecule has 1 aromatic heterocycles. The highest BCUT2D eigenvalue weighted by atomic mass is 16.5. The highest BCUT2D eigenvalue weighted by Crippen LogP contribution is 2.19. The second kappa shape index (κ2) is 6.69. The van der Waals surface area contributed by atoms with Crippen LogP contribution >= 0.6 is 0 Å². The average Bonchev–Trinajstić information content (AvgIpc) is 3.17. The molecule has 0 amide bonds. The van der Waals surface area contributed by atoms with Gasteiger partial charge < -0.3 is 14.8 Å². The Morgan fingerprint density at radius 1 is 1.29 bits per heavy atom. The fourth-order valence-corrected chi connectivity index (χ4v) is 1.56. The first-order valence-corrected chi connectivity index (χ1v) is 6.13. The van der Waals surface area contributed by atoms with Crippen LogP contribution < -0.4 is 5.32 Å². The zero-order chi connectivity index (χ0) is 11.9. The molecule has 0 radical (unpaired) electrons. The van der Waals surface area contributed by atoms with Crippen molar-refractivity contribution in [2.24, 2.45) is 0 Å². The Hall–Kier alpha value is -0.970. The van der Waals surface area contributed by atoms with Crippen LogP contribution in [0.15, 0.2) is 18.2 Å². The Morgan fingerprint density at radius 2 is 2.12 bits per heavy atom. The van der Waals surface area contributed by atoms with Crippen molar-refractivity contribution in [2.45, 2.75) is 32.0 Å². The largest absolute Gasteiger partial charge is 0.382 e. The van der Waals surface area contributed by atoms with E-state index in [-0.39, 0.29) is 0 Å². The van der Waals surface area contributed by atoms with Gasteiger partial charge in [0.15, 0.2) is 0 Å². The highest BCUT2D eigenvalue weighted by molar-refractivity contribution is 5.10. The zero-order valence-corrected chi connectivity index (χ0v) is 10.3. The second-order valence-corrected chi connectivity index (χ2v) is 4.32. The Kier molecular flexibility index (Phi) is 4.91. The molecule has 1 aliphatic carbocycles. The summed E-state index contributed by atoms with van der Waals surface area (Å²) in [5.41, 5.74) is 2.07. The number of hydrogen-bond acceptors (Lipinski definition) is 4. The van der Waals surface area contributed by atoms with Crippen molar-refractivity contribution in [2.75, 3.05) is 20.3 Å². The van der Waals surface area contributed by atoms with Crippen LogP contribution in [0.25, 0.3) is 0 Å². The van der Waals surface area contributed by atoms with Gasteiger partial charge in [0.2, 0.25) is 0 Å². The maximum atomic E-state index is 5.45. The van der Waals surface area contributed by atoms with Crippen LogP contribution in [0, 0.1) is 0 Å². The van der Waals surface area contributed by atoms with Crippen molar-refractivity contribution in [3.8, 4) is 0 Å². The molecule has 1 fully saturated rings. The predicted molar refractivity (Wildman–Crippen MR) is 65.6 cm³/mol. The van der Waals surface area contributed by atoms with Gasteiger partial charge in [-0.25, -0.2) is 0 Å². The standard InChI is InChI=1S/C13H20N2O2/c1-16-7-8-17-10-13-4-2-3-12(15-13)9-14-11-5-6-11/h2-4,11,14H,5-10H2,1H3. The summed E-state index contributed by atoms with van der Waals surface area (Å²) in [7, 11) is 1.67. The van der Waals surface area contributed by atoms with Gasteiger partial charge in [0.25, 0.3) is 0 Å². The lowest BCUT2D eigenvalue weighted by Crippen LogP contribution is -2.16. The molecule has 0 bridgehead atoms. The van der Waals surface area contributed by atoms with Crippen LogP contribution in [-0.4, -0.2) is 31.3 Å². The molecule has 1 aliphatic rings. The summed E-state index contributed by atoms with van der Waals surface area (Å²) >= 11 is 0. The lowest BCUT2D eigenvalue weighted by Gasteiger charge is -2.06. The molecule has 94 valence electrons. The molecule has 1 saturated carbocycles. The van der Waals surface area contributed by atoms with E-state index in [4.69, 9.17) is 9.47 Å². The summed E-state index contributed by atoms with van der Waals surface area (Å²) in [5.74, 6) is 0. The van der Waals surface area contributed by atoms with Crippen molar-refractivity contribution < 1.29 is 9.47 Å². The molecule has 17 heavy (non-hydrogen) atoms. The summed E-state index contributed by atoms with van der Waals surface area (Å²) in [4.78, 5) is 4.54. The van der Waals surface area contributed by atoms with Gasteiger partial charge in [-0.3, -0.25) is 4.98 Å². The molecule has 1 N–H and O–H groups in total. The first-order valence-electron chi connectivity index (χ1n) is 6.13. The van der Waals surface area contributed by atoms with E-state index in [1.54, 1.807) is 7.11 Å². The third-order valence-corrected chi connectivity index (χ3v) is 2.70. The second-order valence-electron chi connectivity index (χ2n) is 4.32. The van der Waals surface area contributed by atoms with Gasteiger partial charge in [-0.15, -0.1) is 0 Å². The van der Waals surface area contributed by atoms with Gasteiger partial charge in [0.05, 0.1) is 31.2 Å². The summed E-state index contributed by atoms with van der Waals surface area (Å²) < 4.78 is 10.4. The maximum Gasteiger partial charge on any atom is 0.0889 e. The molecule has 0 aliphatic heterocycles. The number of rotatable bonds is 8. The summed E-state index contributed by atoms with van der Waals surface area (Å²) in [6.07, 6.45) is 2.61. The third-order valence-electron chi connectivity index (χ3n) is 2.70. The summed E-state index contributed by atoms with van der Waals surface area (Å²) in [6.45, 7) is 2.66. The molecule has 0 atom stereocenters. The Labute approximate surface area is 102 Å². The molecule has 0 unspecified atom stereocenters. The molecule has 2 rings (SSSR count). The molecule has 0 saturated heterocycles. The summed E-state index contributed by atoms with van der Waals surface area (Å²) in [6, 6.07) is 6.80. The first kappa shape index (κ1) is 12.5. The lowest BCUT2D eigenvalue weighted by atomic mass is 10.3. The van der Waals surface area contributed by atoms with E-state index in [2.05, 4.69) is 10.3 Å². The van der Waals surface area contributed by atoms with Gasteiger partial charge in [-0.1, -0.05) is 6.07 Å². The van der Waals surface area contributed by atoms with Crippen molar-refractivity contribution in [1.29, 1.82) is 0 Å². The number of aromatic nitrogens is 1. The van der Waals surface area contributed by atoms with E-state index in [1.165, 1.54) is 12.8 Å². The Bertz CT molecular complexity index is 340. The van der Waals surface area contributed by atoms with Crippen molar-refractivity contribution in [3.05, 3.63) is 29.6 Å².